The minimum absolute atomic E-state index is 0.0109. The van der Waals surface area contributed by atoms with Gasteiger partial charge in [-0.25, -0.2) is 0 Å². The maximum Gasteiger partial charge on any atom is 0.292 e. The molecule has 1 saturated heterocycles. The van der Waals surface area contributed by atoms with Crippen molar-refractivity contribution in [1.29, 1.82) is 0 Å². The van der Waals surface area contributed by atoms with Crippen LogP contribution in [0.5, 0.6) is 0 Å². The van der Waals surface area contributed by atoms with Crippen LogP contribution in [0.3, 0.4) is 0 Å². The zero-order chi connectivity index (χ0) is 13.8. The first-order valence-corrected chi connectivity index (χ1v) is 6.20. The third-order valence-corrected chi connectivity index (χ3v) is 3.13. The molecule has 1 aromatic heterocycles. The summed E-state index contributed by atoms with van der Waals surface area (Å²) in [6.07, 6.45) is -0.513. The van der Waals surface area contributed by atoms with Gasteiger partial charge in [0, 0.05) is 7.05 Å². The lowest BCUT2D eigenvalue weighted by molar-refractivity contribution is 0.0744. The van der Waals surface area contributed by atoms with E-state index in [1.54, 1.807) is 0 Å². The van der Waals surface area contributed by atoms with E-state index >= 15 is 0 Å². The Kier molecular flexibility index (Phi) is 4.46. The van der Waals surface area contributed by atoms with Gasteiger partial charge >= 0.3 is 0 Å². The van der Waals surface area contributed by atoms with E-state index in [1.807, 2.05) is 11.8 Å². The van der Waals surface area contributed by atoms with Crippen LogP contribution < -0.4 is 5.32 Å². The SMILES string of the molecule is CCN(Cc1nc(C(=O)NC)no1)[C@H]1COC[C@@H]1O. The van der Waals surface area contributed by atoms with Crippen LogP contribution in [-0.4, -0.2) is 65.0 Å². The third-order valence-electron chi connectivity index (χ3n) is 3.13. The molecule has 0 aromatic carbocycles. The highest BCUT2D eigenvalue weighted by atomic mass is 16.5. The van der Waals surface area contributed by atoms with E-state index in [-0.39, 0.29) is 17.8 Å². The summed E-state index contributed by atoms with van der Waals surface area (Å²) in [5.74, 6) is -0.0291. The Morgan fingerprint density at radius 2 is 2.37 bits per heavy atom. The maximum atomic E-state index is 11.3. The van der Waals surface area contributed by atoms with Crippen LogP contribution in [0.1, 0.15) is 23.4 Å². The molecule has 0 aliphatic carbocycles. The smallest absolute Gasteiger partial charge is 0.292 e. The highest BCUT2D eigenvalue weighted by Gasteiger charge is 2.31. The van der Waals surface area contributed by atoms with Crippen LogP contribution in [0.4, 0.5) is 0 Å². The number of hydrogen-bond donors (Lipinski definition) is 2. The van der Waals surface area contributed by atoms with Gasteiger partial charge in [0.2, 0.25) is 5.89 Å². The summed E-state index contributed by atoms with van der Waals surface area (Å²) in [7, 11) is 1.50. The molecule has 0 saturated carbocycles. The van der Waals surface area contributed by atoms with Crippen molar-refractivity contribution in [2.24, 2.45) is 0 Å². The molecule has 1 aromatic rings. The molecule has 2 heterocycles. The number of carbonyl (C=O) groups excluding carboxylic acids is 1. The van der Waals surface area contributed by atoms with Crippen molar-refractivity contribution in [1.82, 2.24) is 20.4 Å². The summed E-state index contributed by atoms with van der Waals surface area (Å²) < 4.78 is 10.3. The molecule has 1 fully saturated rings. The summed E-state index contributed by atoms with van der Waals surface area (Å²) in [6.45, 7) is 3.88. The largest absolute Gasteiger partial charge is 0.389 e. The number of carbonyl (C=O) groups is 1. The van der Waals surface area contributed by atoms with Gasteiger partial charge in [-0.05, 0) is 6.54 Å². The van der Waals surface area contributed by atoms with Gasteiger partial charge in [0.25, 0.3) is 11.7 Å². The predicted molar refractivity (Wildman–Crippen MR) is 64.4 cm³/mol. The Morgan fingerprint density at radius 1 is 1.58 bits per heavy atom. The lowest BCUT2D eigenvalue weighted by Crippen LogP contribution is -2.42. The zero-order valence-electron chi connectivity index (χ0n) is 11.0. The van der Waals surface area contributed by atoms with E-state index < -0.39 is 6.10 Å². The van der Waals surface area contributed by atoms with E-state index in [4.69, 9.17) is 9.26 Å². The summed E-state index contributed by atoms with van der Waals surface area (Å²) in [4.78, 5) is 17.3. The molecule has 1 aliphatic heterocycles. The first-order chi connectivity index (χ1) is 9.15. The van der Waals surface area contributed by atoms with Gasteiger partial charge in [-0.1, -0.05) is 12.1 Å². The first-order valence-electron chi connectivity index (χ1n) is 6.20. The molecular formula is C11H18N4O4. The van der Waals surface area contributed by atoms with Gasteiger partial charge in [0.05, 0.1) is 31.9 Å². The van der Waals surface area contributed by atoms with Gasteiger partial charge in [-0.2, -0.15) is 4.98 Å². The highest BCUT2D eigenvalue weighted by Crippen LogP contribution is 2.15. The summed E-state index contributed by atoms with van der Waals surface area (Å²) in [5, 5.41) is 15.8. The van der Waals surface area contributed by atoms with Crippen LogP contribution >= 0.6 is 0 Å². The van der Waals surface area contributed by atoms with Crippen molar-refractivity contribution in [2.45, 2.75) is 25.6 Å². The molecule has 8 nitrogen and oxygen atoms in total. The molecule has 106 valence electrons. The van der Waals surface area contributed by atoms with Crippen molar-refractivity contribution >= 4 is 5.91 Å². The second kappa shape index (κ2) is 6.09. The van der Waals surface area contributed by atoms with Crippen molar-refractivity contribution < 1.29 is 19.2 Å². The summed E-state index contributed by atoms with van der Waals surface area (Å²) in [6, 6.07) is -0.0830. The Labute approximate surface area is 110 Å². The van der Waals surface area contributed by atoms with E-state index in [1.165, 1.54) is 7.05 Å². The van der Waals surface area contributed by atoms with Gasteiger partial charge in [-0.15, -0.1) is 0 Å². The van der Waals surface area contributed by atoms with Crippen LogP contribution in [0.25, 0.3) is 0 Å². The molecule has 0 unspecified atom stereocenters. The fourth-order valence-electron chi connectivity index (χ4n) is 2.04. The number of amides is 1. The Balaban J connectivity index is 2.02. The molecular weight excluding hydrogens is 252 g/mol. The predicted octanol–water partition coefficient (Wildman–Crippen LogP) is -0.989. The minimum atomic E-state index is -0.513. The number of nitrogens with one attached hydrogen (secondary N) is 1. The van der Waals surface area contributed by atoms with Crippen molar-refractivity contribution in [2.75, 3.05) is 26.8 Å². The van der Waals surface area contributed by atoms with E-state index in [0.717, 1.165) is 0 Å². The van der Waals surface area contributed by atoms with E-state index in [2.05, 4.69) is 15.5 Å². The molecule has 1 amide bonds. The molecule has 19 heavy (non-hydrogen) atoms. The Bertz CT molecular complexity index is 436. The standard InChI is InChI=1S/C11H18N4O4/c1-3-15(7-5-18-6-8(7)16)4-9-13-10(14-19-9)11(17)12-2/h7-8,16H,3-6H2,1-2H3,(H,12,17)/t7-,8-/m0/s1. The molecule has 1 aliphatic rings. The number of aliphatic hydroxyl groups is 1. The van der Waals surface area contributed by atoms with Crippen molar-refractivity contribution in [3.8, 4) is 0 Å². The quantitative estimate of drug-likeness (QED) is 0.708. The van der Waals surface area contributed by atoms with E-state index in [9.17, 15) is 9.90 Å². The molecule has 2 rings (SSSR count). The van der Waals surface area contributed by atoms with Gasteiger partial charge < -0.3 is 19.7 Å². The number of likely N-dealkylation sites (N-methyl/N-ethyl adjacent to an activating group) is 1. The third kappa shape index (κ3) is 3.09. The number of nitrogens with zero attached hydrogens (tertiary/aromatic N) is 3. The maximum absolute atomic E-state index is 11.3. The van der Waals surface area contributed by atoms with Gasteiger partial charge in [-0.3, -0.25) is 9.69 Å². The van der Waals surface area contributed by atoms with Gasteiger partial charge in [0.1, 0.15) is 0 Å². The monoisotopic (exact) mass is 270 g/mol. The molecule has 8 heteroatoms. The lowest BCUT2D eigenvalue weighted by Gasteiger charge is -2.26. The minimum Gasteiger partial charge on any atom is -0.389 e. The highest BCUT2D eigenvalue weighted by molar-refractivity contribution is 5.89. The average molecular weight is 270 g/mol. The van der Waals surface area contributed by atoms with Crippen LogP contribution in [0.2, 0.25) is 0 Å². The van der Waals surface area contributed by atoms with Crippen LogP contribution in [0.15, 0.2) is 4.52 Å². The first kappa shape index (κ1) is 13.9. The molecule has 0 radical (unpaired) electrons. The molecule has 0 spiro atoms. The van der Waals surface area contributed by atoms with Crippen LogP contribution in [0, 0.1) is 0 Å². The van der Waals surface area contributed by atoms with E-state index in [0.29, 0.717) is 32.2 Å². The van der Waals surface area contributed by atoms with Crippen molar-refractivity contribution in [3.05, 3.63) is 11.7 Å². The fraction of sp³-hybridized carbons (Fsp3) is 0.727. The normalized spacial score (nSPS) is 22.9. The summed E-state index contributed by atoms with van der Waals surface area (Å²) in [5.41, 5.74) is 0. The number of hydrogen-bond acceptors (Lipinski definition) is 7. The zero-order valence-corrected chi connectivity index (χ0v) is 11.0. The second-order valence-electron chi connectivity index (χ2n) is 4.33. The molecule has 2 atom stereocenters. The fourth-order valence-corrected chi connectivity index (χ4v) is 2.04. The topological polar surface area (TPSA) is 101 Å². The van der Waals surface area contributed by atoms with Gasteiger partial charge in [0.15, 0.2) is 0 Å². The molecule has 2 N–H and O–H groups in total. The number of rotatable bonds is 5. The second-order valence-corrected chi connectivity index (χ2v) is 4.33. The summed E-state index contributed by atoms with van der Waals surface area (Å²) >= 11 is 0. The molecule has 0 bridgehead atoms. The average Bonchev–Trinajstić information content (AvgIpc) is 3.04. The Hall–Kier alpha value is -1.51. The number of ether oxygens (including phenoxy) is 1. The Morgan fingerprint density at radius 3 is 2.95 bits per heavy atom. The van der Waals surface area contributed by atoms with Crippen LogP contribution in [-0.2, 0) is 11.3 Å². The lowest BCUT2D eigenvalue weighted by atomic mass is 10.2. The number of aromatic nitrogens is 2. The number of aliphatic hydroxyl groups excluding tert-OH is 1. The van der Waals surface area contributed by atoms with Crippen molar-refractivity contribution in [3.63, 3.8) is 0 Å².